The smallest absolute Gasteiger partial charge is 0.267 e. The van der Waals surface area contributed by atoms with Gasteiger partial charge in [0.25, 0.3) is 5.91 Å². The number of aromatic nitrogens is 4. The lowest BCUT2D eigenvalue weighted by Gasteiger charge is -2.45. The molecular weight excluding hydrogens is 348 g/mol. The number of carbonyl (C=O) groups excluding carboxylic acids is 1. The van der Waals surface area contributed by atoms with Crippen molar-refractivity contribution in [1.29, 1.82) is 0 Å². The number of para-hydroxylation sites is 2. The molecule has 1 aromatic carbocycles. The lowest BCUT2D eigenvalue weighted by atomic mass is 10.1. The largest absolute Gasteiger partial charge is 0.485 e. The van der Waals surface area contributed by atoms with Gasteiger partial charge in [0, 0.05) is 20.1 Å². The van der Waals surface area contributed by atoms with Crippen LogP contribution in [0, 0.1) is 0 Å². The second-order valence-electron chi connectivity index (χ2n) is 6.70. The number of likely N-dealkylation sites (N-methyl/N-ethyl adjacent to an activating group) is 1. The minimum Gasteiger partial charge on any atom is -0.485 e. The maximum Gasteiger partial charge on any atom is 0.267 e. The first-order chi connectivity index (χ1) is 13.2. The van der Waals surface area contributed by atoms with E-state index < -0.39 is 6.10 Å². The first kappa shape index (κ1) is 15.9. The van der Waals surface area contributed by atoms with E-state index in [-0.39, 0.29) is 18.6 Å². The Morgan fingerprint density at radius 1 is 1.19 bits per heavy atom. The molecule has 1 atom stereocenters. The van der Waals surface area contributed by atoms with Gasteiger partial charge in [0.05, 0.1) is 6.04 Å². The quantitative estimate of drug-likeness (QED) is 0.671. The minimum atomic E-state index is -0.620. The second-order valence-corrected chi connectivity index (χ2v) is 6.70. The van der Waals surface area contributed by atoms with Crippen LogP contribution in [0.5, 0.6) is 11.5 Å². The fraction of sp³-hybridized carbons (Fsp3) is 0.333. The number of rotatable bonds is 3. The summed E-state index contributed by atoms with van der Waals surface area (Å²) in [6.45, 7) is 1.66. The van der Waals surface area contributed by atoms with Crippen LogP contribution in [0.1, 0.15) is 0 Å². The molecule has 138 valence electrons. The van der Waals surface area contributed by atoms with Crippen molar-refractivity contribution in [2.75, 3.05) is 31.6 Å². The average Bonchev–Trinajstić information content (AvgIpc) is 3.13. The standard InChI is InChI=1S/C18H18N6O3/c1-22(18(25)15-10-26-13-4-2-3-5-14(13)27-15)12-8-23(9-12)17-7-6-16-20-19-11-24(16)21-17/h2-7,11-12,15H,8-10H2,1H3. The molecule has 9 heteroatoms. The zero-order chi connectivity index (χ0) is 18.4. The first-order valence-electron chi connectivity index (χ1n) is 8.76. The Hall–Kier alpha value is -3.36. The normalized spacial score (nSPS) is 19.0. The van der Waals surface area contributed by atoms with E-state index in [1.807, 2.05) is 43.4 Å². The predicted octanol–water partition coefficient (Wildman–Crippen LogP) is 0.611. The molecule has 3 aromatic rings. The minimum absolute atomic E-state index is 0.0728. The van der Waals surface area contributed by atoms with Crippen molar-refractivity contribution < 1.29 is 14.3 Å². The molecule has 1 unspecified atom stereocenters. The Morgan fingerprint density at radius 3 is 2.85 bits per heavy atom. The van der Waals surface area contributed by atoms with Gasteiger partial charge >= 0.3 is 0 Å². The molecule has 9 nitrogen and oxygen atoms in total. The molecule has 1 saturated heterocycles. The van der Waals surface area contributed by atoms with E-state index in [0.29, 0.717) is 30.2 Å². The number of benzene rings is 1. The Balaban J connectivity index is 1.22. The highest BCUT2D eigenvalue weighted by molar-refractivity contribution is 5.82. The Labute approximate surface area is 155 Å². The number of fused-ring (bicyclic) bond motifs is 2. The summed E-state index contributed by atoms with van der Waals surface area (Å²) in [7, 11) is 1.81. The summed E-state index contributed by atoms with van der Waals surface area (Å²) in [5.41, 5.74) is 0.706. The molecule has 0 N–H and O–H groups in total. The van der Waals surface area contributed by atoms with Gasteiger partial charge in [-0.15, -0.1) is 15.3 Å². The number of nitrogens with zero attached hydrogens (tertiary/aromatic N) is 6. The van der Waals surface area contributed by atoms with E-state index in [9.17, 15) is 4.79 Å². The van der Waals surface area contributed by atoms with Gasteiger partial charge in [-0.3, -0.25) is 4.79 Å². The van der Waals surface area contributed by atoms with E-state index in [0.717, 1.165) is 5.82 Å². The van der Waals surface area contributed by atoms with Gasteiger partial charge in [-0.25, -0.2) is 0 Å². The van der Waals surface area contributed by atoms with Gasteiger partial charge < -0.3 is 19.3 Å². The van der Waals surface area contributed by atoms with Crippen LogP contribution in [0.2, 0.25) is 0 Å². The number of ether oxygens (including phenoxy) is 2. The Bertz CT molecular complexity index is 999. The van der Waals surface area contributed by atoms with Crippen LogP contribution in [0.4, 0.5) is 5.82 Å². The van der Waals surface area contributed by atoms with Crippen LogP contribution in [0.15, 0.2) is 42.7 Å². The van der Waals surface area contributed by atoms with E-state index in [2.05, 4.69) is 20.2 Å². The molecule has 0 bridgehead atoms. The van der Waals surface area contributed by atoms with Crippen LogP contribution in [-0.2, 0) is 4.79 Å². The average molecular weight is 366 g/mol. The van der Waals surface area contributed by atoms with E-state index >= 15 is 0 Å². The topological polar surface area (TPSA) is 85.1 Å². The number of hydrogen-bond acceptors (Lipinski definition) is 7. The zero-order valence-electron chi connectivity index (χ0n) is 14.7. The van der Waals surface area contributed by atoms with Crippen molar-refractivity contribution >= 4 is 17.4 Å². The molecule has 4 heterocycles. The molecule has 2 aliphatic heterocycles. The molecule has 1 fully saturated rings. The Morgan fingerprint density at radius 2 is 2.00 bits per heavy atom. The highest BCUT2D eigenvalue weighted by Crippen LogP contribution is 2.31. The molecular formula is C18H18N6O3. The molecule has 0 aliphatic carbocycles. The van der Waals surface area contributed by atoms with Crippen molar-refractivity contribution in [1.82, 2.24) is 24.7 Å². The molecule has 0 saturated carbocycles. The summed E-state index contributed by atoms with van der Waals surface area (Å²) in [6, 6.07) is 11.3. The molecule has 0 radical (unpaired) electrons. The second kappa shape index (κ2) is 6.11. The van der Waals surface area contributed by atoms with Gasteiger partial charge in [0.15, 0.2) is 17.1 Å². The maximum atomic E-state index is 12.8. The summed E-state index contributed by atoms with van der Waals surface area (Å²) >= 11 is 0. The molecule has 5 rings (SSSR count). The van der Waals surface area contributed by atoms with Crippen molar-refractivity contribution in [2.24, 2.45) is 0 Å². The fourth-order valence-electron chi connectivity index (χ4n) is 3.32. The van der Waals surface area contributed by atoms with E-state index in [1.165, 1.54) is 0 Å². The van der Waals surface area contributed by atoms with Gasteiger partial charge in [0.1, 0.15) is 18.8 Å². The van der Waals surface area contributed by atoms with E-state index in [1.54, 1.807) is 15.7 Å². The zero-order valence-corrected chi connectivity index (χ0v) is 14.7. The van der Waals surface area contributed by atoms with Gasteiger partial charge in [-0.05, 0) is 24.3 Å². The highest BCUT2D eigenvalue weighted by atomic mass is 16.6. The summed E-state index contributed by atoms with van der Waals surface area (Å²) in [4.78, 5) is 16.6. The highest BCUT2D eigenvalue weighted by Gasteiger charge is 2.38. The van der Waals surface area contributed by atoms with Crippen LogP contribution < -0.4 is 14.4 Å². The van der Waals surface area contributed by atoms with Crippen LogP contribution in [-0.4, -0.2) is 69.5 Å². The monoisotopic (exact) mass is 366 g/mol. The number of amides is 1. The third kappa shape index (κ3) is 2.71. The number of hydrogen-bond donors (Lipinski definition) is 0. The van der Waals surface area contributed by atoms with Crippen LogP contribution in [0.3, 0.4) is 0 Å². The van der Waals surface area contributed by atoms with Gasteiger partial charge in [0.2, 0.25) is 6.10 Å². The molecule has 27 heavy (non-hydrogen) atoms. The van der Waals surface area contributed by atoms with Crippen molar-refractivity contribution in [2.45, 2.75) is 12.1 Å². The summed E-state index contributed by atoms with van der Waals surface area (Å²) in [6.07, 6.45) is 0.953. The maximum absolute atomic E-state index is 12.8. The summed E-state index contributed by atoms with van der Waals surface area (Å²) in [5, 5.41) is 12.3. The third-order valence-corrected chi connectivity index (χ3v) is 5.01. The van der Waals surface area contributed by atoms with Crippen LogP contribution >= 0.6 is 0 Å². The van der Waals surface area contributed by atoms with E-state index in [4.69, 9.17) is 9.47 Å². The van der Waals surface area contributed by atoms with Crippen LogP contribution in [0.25, 0.3) is 5.65 Å². The van der Waals surface area contributed by atoms with Crippen molar-refractivity contribution in [3.63, 3.8) is 0 Å². The summed E-state index contributed by atoms with van der Waals surface area (Å²) < 4.78 is 13.1. The molecule has 1 amide bonds. The Kier molecular flexibility index (Phi) is 3.59. The van der Waals surface area contributed by atoms with Gasteiger partial charge in [-0.1, -0.05) is 12.1 Å². The SMILES string of the molecule is CN(C(=O)C1COc2ccccc2O1)C1CN(c2ccc3nncn3n2)C1. The van der Waals surface area contributed by atoms with Gasteiger partial charge in [-0.2, -0.15) is 4.52 Å². The fourth-order valence-corrected chi connectivity index (χ4v) is 3.32. The lowest BCUT2D eigenvalue weighted by Crippen LogP contribution is -2.62. The lowest BCUT2D eigenvalue weighted by molar-refractivity contribution is -0.142. The first-order valence-corrected chi connectivity index (χ1v) is 8.76. The van der Waals surface area contributed by atoms with Crippen molar-refractivity contribution in [3.8, 4) is 11.5 Å². The molecule has 2 aromatic heterocycles. The predicted molar refractivity (Wildman–Crippen MR) is 95.9 cm³/mol. The number of anilines is 1. The number of carbonyl (C=O) groups is 1. The summed E-state index contributed by atoms with van der Waals surface area (Å²) in [5.74, 6) is 2.05. The molecule has 2 aliphatic rings. The van der Waals surface area contributed by atoms with Crippen molar-refractivity contribution in [3.05, 3.63) is 42.7 Å². The molecule has 0 spiro atoms. The third-order valence-electron chi connectivity index (χ3n) is 5.01.